The van der Waals surface area contributed by atoms with E-state index in [9.17, 15) is 4.79 Å². The third kappa shape index (κ3) is 2.81. The fourth-order valence-corrected chi connectivity index (χ4v) is 2.42. The topological polar surface area (TPSA) is 58.1 Å². The van der Waals surface area contributed by atoms with E-state index < -0.39 is 5.54 Å². The van der Waals surface area contributed by atoms with E-state index in [4.69, 9.17) is 11.6 Å². The molecular weight excluding hydrogens is 264 g/mol. The zero-order chi connectivity index (χ0) is 14.0. The quantitative estimate of drug-likeness (QED) is 0.859. The summed E-state index contributed by atoms with van der Waals surface area (Å²) in [6.45, 7) is 7.18. The molecule has 6 heteroatoms. The van der Waals surface area contributed by atoms with Crippen molar-refractivity contribution in [1.82, 2.24) is 15.3 Å². The van der Waals surface area contributed by atoms with Crippen molar-refractivity contribution < 1.29 is 4.79 Å². The number of rotatable bonds is 3. The molecule has 1 fully saturated rings. The number of amides is 1. The third-order valence-electron chi connectivity index (χ3n) is 3.33. The number of hydrogen-bond donors (Lipinski definition) is 1. The van der Waals surface area contributed by atoms with Crippen molar-refractivity contribution in [2.45, 2.75) is 39.2 Å². The van der Waals surface area contributed by atoms with Gasteiger partial charge in [0.2, 0.25) is 5.91 Å². The standard InChI is InChI=1S/C13H19ClN4O/c1-4-5-10-16-9(14)8-11(17-10)18-7-6-15-12(19)13(18,2)3/h8H,4-7H2,1-3H3,(H,15,19). The van der Waals surface area contributed by atoms with Gasteiger partial charge in [-0.25, -0.2) is 9.97 Å². The lowest BCUT2D eigenvalue weighted by Crippen LogP contribution is -2.62. The lowest BCUT2D eigenvalue weighted by molar-refractivity contribution is -0.126. The predicted molar refractivity (Wildman–Crippen MR) is 75.5 cm³/mol. The first-order chi connectivity index (χ1) is 8.95. The van der Waals surface area contributed by atoms with Crippen LogP contribution < -0.4 is 10.2 Å². The first-order valence-corrected chi connectivity index (χ1v) is 6.92. The molecule has 1 aliphatic rings. The number of aryl methyl sites for hydroxylation is 1. The molecular formula is C13H19ClN4O. The summed E-state index contributed by atoms with van der Waals surface area (Å²) < 4.78 is 0. The van der Waals surface area contributed by atoms with Gasteiger partial charge in [-0.2, -0.15) is 0 Å². The molecule has 104 valence electrons. The Bertz CT molecular complexity index is 490. The Morgan fingerprint density at radius 1 is 1.47 bits per heavy atom. The molecule has 0 radical (unpaired) electrons. The molecule has 0 unspecified atom stereocenters. The maximum Gasteiger partial charge on any atom is 0.245 e. The fourth-order valence-electron chi connectivity index (χ4n) is 2.23. The Morgan fingerprint density at radius 2 is 2.21 bits per heavy atom. The highest BCUT2D eigenvalue weighted by atomic mass is 35.5. The van der Waals surface area contributed by atoms with Crippen molar-refractivity contribution in [1.29, 1.82) is 0 Å². The van der Waals surface area contributed by atoms with Crippen molar-refractivity contribution in [3.8, 4) is 0 Å². The molecule has 1 N–H and O–H groups in total. The summed E-state index contributed by atoms with van der Waals surface area (Å²) in [5, 5.41) is 3.30. The number of nitrogens with one attached hydrogen (secondary N) is 1. The summed E-state index contributed by atoms with van der Waals surface area (Å²) in [5.74, 6) is 1.46. The summed E-state index contributed by atoms with van der Waals surface area (Å²) in [7, 11) is 0. The van der Waals surface area contributed by atoms with Gasteiger partial charge in [0, 0.05) is 25.6 Å². The SMILES string of the molecule is CCCc1nc(Cl)cc(N2CCNC(=O)C2(C)C)n1. The molecule has 0 spiro atoms. The van der Waals surface area contributed by atoms with Gasteiger partial charge in [0.15, 0.2) is 0 Å². The van der Waals surface area contributed by atoms with Crippen LogP contribution in [-0.4, -0.2) is 34.5 Å². The zero-order valence-electron chi connectivity index (χ0n) is 11.5. The van der Waals surface area contributed by atoms with E-state index in [2.05, 4.69) is 22.2 Å². The van der Waals surface area contributed by atoms with Gasteiger partial charge in [0.05, 0.1) is 0 Å². The van der Waals surface area contributed by atoms with Gasteiger partial charge >= 0.3 is 0 Å². The third-order valence-corrected chi connectivity index (χ3v) is 3.52. The van der Waals surface area contributed by atoms with Crippen molar-refractivity contribution in [2.24, 2.45) is 0 Å². The van der Waals surface area contributed by atoms with Crippen molar-refractivity contribution in [2.75, 3.05) is 18.0 Å². The van der Waals surface area contributed by atoms with Crippen LogP contribution in [0.2, 0.25) is 5.15 Å². The highest BCUT2D eigenvalue weighted by Crippen LogP contribution is 2.26. The molecule has 0 saturated carbocycles. The van der Waals surface area contributed by atoms with Gasteiger partial charge in [-0.3, -0.25) is 4.79 Å². The van der Waals surface area contributed by atoms with Crippen LogP contribution in [0.15, 0.2) is 6.07 Å². The number of nitrogens with zero attached hydrogens (tertiary/aromatic N) is 3. The summed E-state index contributed by atoms with van der Waals surface area (Å²) >= 11 is 6.06. The zero-order valence-corrected chi connectivity index (χ0v) is 12.3. The van der Waals surface area contributed by atoms with E-state index in [1.807, 2.05) is 18.7 Å². The second-order valence-corrected chi connectivity index (χ2v) is 5.57. The van der Waals surface area contributed by atoms with Gasteiger partial charge < -0.3 is 10.2 Å². The average molecular weight is 283 g/mol. The minimum Gasteiger partial charge on any atom is -0.352 e. The normalized spacial score (nSPS) is 18.3. The number of carbonyl (C=O) groups excluding carboxylic acids is 1. The van der Waals surface area contributed by atoms with Crippen LogP contribution in [-0.2, 0) is 11.2 Å². The van der Waals surface area contributed by atoms with Crippen LogP contribution in [0.5, 0.6) is 0 Å². The molecule has 1 saturated heterocycles. The molecule has 19 heavy (non-hydrogen) atoms. The lowest BCUT2D eigenvalue weighted by atomic mass is 9.99. The Morgan fingerprint density at radius 3 is 2.89 bits per heavy atom. The molecule has 2 heterocycles. The van der Waals surface area contributed by atoms with E-state index in [0.29, 0.717) is 11.7 Å². The first kappa shape index (κ1) is 14.1. The predicted octanol–water partition coefficient (Wildman–Crippen LogP) is 1.80. The number of halogens is 1. The molecule has 1 aromatic heterocycles. The van der Waals surface area contributed by atoms with Crippen LogP contribution in [0, 0.1) is 0 Å². The monoisotopic (exact) mass is 282 g/mol. The summed E-state index contributed by atoms with van der Waals surface area (Å²) in [6.07, 6.45) is 1.75. The van der Waals surface area contributed by atoms with Gasteiger partial charge in [-0.15, -0.1) is 0 Å². The smallest absolute Gasteiger partial charge is 0.245 e. The Balaban J connectivity index is 2.37. The number of piperazine rings is 1. The van der Waals surface area contributed by atoms with Crippen LogP contribution in [0.1, 0.15) is 33.0 Å². The molecule has 1 aliphatic heterocycles. The van der Waals surface area contributed by atoms with E-state index in [1.54, 1.807) is 6.07 Å². The maximum absolute atomic E-state index is 12.0. The van der Waals surface area contributed by atoms with Crippen LogP contribution in [0.3, 0.4) is 0 Å². The average Bonchev–Trinajstić information content (AvgIpc) is 2.32. The molecule has 1 aromatic rings. The summed E-state index contributed by atoms with van der Waals surface area (Å²) in [6, 6.07) is 1.72. The molecule has 0 aromatic carbocycles. The number of hydrogen-bond acceptors (Lipinski definition) is 4. The van der Waals surface area contributed by atoms with Crippen LogP contribution in [0.4, 0.5) is 5.82 Å². The fraction of sp³-hybridized carbons (Fsp3) is 0.615. The number of anilines is 1. The van der Waals surface area contributed by atoms with Gasteiger partial charge in [0.25, 0.3) is 0 Å². The van der Waals surface area contributed by atoms with Crippen molar-refractivity contribution in [3.05, 3.63) is 17.0 Å². The minimum atomic E-state index is -0.626. The van der Waals surface area contributed by atoms with E-state index in [0.717, 1.165) is 31.0 Å². The number of carbonyl (C=O) groups is 1. The second-order valence-electron chi connectivity index (χ2n) is 5.18. The molecule has 0 aliphatic carbocycles. The van der Waals surface area contributed by atoms with E-state index in [-0.39, 0.29) is 5.91 Å². The highest BCUT2D eigenvalue weighted by Gasteiger charge is 2.38. The minimum absolute atomic E-state index is 0.00512. The molecule has 1 amide bonds. The second kappa shape index (κ2) is 5.33. The Labute approximate surface area is 118 Å². The summed E-state index contributed by atoms with van der Waals surface area (Å²) in [4.78, 5) is 22.7. The van der Waals surface area contributed by atoms with Gasteiger partial charge in [-0.05, 0) is 20.3 Å². The Hall–Kier alpha value is -1.36. The molecule has 2 rings (SSSR count). The van der Waals surface area contributed by atoms with Gasteiger partial charge in [0.1, 0.15) is 22.3 Å². The van der Waals surface area contributed by atoms with E-state index in [1.165, 1.54) is 0 Å². The molecule has 0 bridgehead atoms. The van der Waals surface area contributed by atoms with Crippen LogP contribution in [0.25, 0.3) is 0 Å². The maximum atomic E-state index is 12.0. The molecule has 5 nitrogen and oxygen atoms in total. The van der Waals surface area contributed by atoms with Gasteiger partial charge in [-0.1, -0.05) is 18.5 Å². The number of aromatic nitrogens is 2. The van der Waals surface area contributed by atoms with Crippen LogP contribution >= 0.6 is 11.6 Å². The first-order valence-electron chi connectivity index (χ1n) is 6.54. The highest BCUT2D eigenvalue weighted by molar-refractivity contribution is 6.29. The lowest BCUT2D eigenvalue weighted by Gasteiger charge is -2.42. The largest absolute Gasteiger partial charge is 0.352 e. The van der Waals surface area contributed by atoms with Crippen molar-refractivity contribution >= 4 is 23.3 Å². The summed E-state index contributed by atoms with van der Waals surface area (Å²) in [5.41, 5.74) is -0.626. The van der Waals surface area contributed by atoms with Crippen molar-refractivity contribution in [3.63, 3.8) is 0 Å². The molecule has 0 atom stereocenters. The van der Waals surface area contributed by atoms with E-state index >= 15 is 0 Å². The Kier molecular flexibility index (Phi) is 3.94.